The molecular formula is C14H22N4O2. The molecular weight excluding hydrogens is 256 g/mol. The fraction of sp³-hybridized carbons (Fsp3) is 0.571. The van der Waals surface area contributed by atoms with E-state index < -0.39 is 5.97 Å². The standard InChI is InChI=1S/C14H22N4O2/c1-17-8-4-5-10(17)9-18(2)13-12(15)11(6-7-16-13)14(19)20-3/h6-7,10H,4-5,8-9,15H2,1-3H3. The monoisotopic (exact) mass is 278 g/mol. The first kappa shape index (κ1) is 14.6. The van der Waals surface area contributed by atoms with Crippen LogP contribution < -0.4 is 10.6 Å². The second-order valence-electron chi connectivity index (χ2n) is 5.24. The summed E-state index contributed by atoms with van der Waals surface area (Å²) in [5.74, 6) is 0.200. The largest absolute Gasteiger partial charge is 0.465 e. The number of nitrogens with two attached hydrogens (primary N) is 1. The van der Waals surface area contributed by atoms with Crippen molar-refractivity contribution in [3.05, 3.63) is 17.8 Å². The van der Waals surface area contributed by atoms with Crippen molar-refractivity contribution in [2.75, 3.05) is 44.9 Å². The molecule has 0 spiro atoms. The molecule has 6 heteroatoms. The fourth-order valence-corrected chi connectivity index (χ4v) is 2.67. The van der Waals surface area contributed by atoms with Crippen LogP contribution in [0.15, 0.2) is 12.3 Å². The molecule has 1 aromatic rings. The highest BCUT2D eigenvalue weighted by Gasteiger charge is 2.24. The van der Waals surface area contributed by atoms with E-state index in [9.17, 15) is 4.79 Å². The van der Waals surface area contributed by atoms with E-state index in [0.717, 1.165) is 13.1 Å². The van der Waals surface area contributed by atoms with E-state index in [-0.39, 0.29) is 0 Å². The highest BCUT2D eigenvalue weighted by molar-refractivity contribution is 5.97. The van der Waals surface area contributed by atoms with E-state index in [1.165, 1.54) is 20.0 Å². The van der Waals surface area contributed by atoms with Crippen LogP contribution in [0.1, 0.15) is 23.2 Å². The van der Waals surface area contributed by atoms with Crippen LogP contribution in [0.2, 0.25) is 0 Å². The quantitative estimate of drug-likeness (QED) is 0.828. The molecule has 20 heavy (non-hydrogen) atoms. The van der Waals surface area contributed by atoms with Gasteiger partial charge in [0.2, 0.25) is 0 Å². The molecule has 1 unspecified atom stereocenters. The van der Waals surface area contributed by atoms with Gasteiger partial charge in [-0.3, -0.25) is 0 Å². The minimum atomic E-state index is -0.433. The Morgan fingerprint density at radius 3 is 3.00 bits per heavy atom. The van der Waals surface area contributed by atoms with Gasteiger partial charge in [0.15, 0.2) is 5.82 Å². The number of nitrogen functional groups attached to an aromatic ring is 1. The molecule has 0 radical (unpaired) electrons. The molecule has 1 fully saturated rings. The summed E-state index contributed by atoms with van der Waals surface area (Å²) >= 11 is 0. The third-order valence-corrected chi connectivity index (χ3v) is 3.89. The predicted molar refractivity (Wildman–Crippen MR) is 78.9 cm³/mol. The number of hydrogen-bond acceptors (Lipinski definition) is 6. The van der Waals surface area contributed by atoms with E-state index in [1.54, 1.807) is 12.3 Å². The summed E-state index contributed by atoms with van der Waals surface area (Å²) in [6.07, 6.45) is 3.99. The first-order chi connectivity index (χ1) is 9.54. The number of hydrogen-bond donors (Lipinski definition) is 1. The number of methoxy groups -OCH3 is 1. The van der Waals surface area contributed by atoms with Gasteiger partial charge in [-0.1, -0.05) is 0 Å². The average molecular weight is 278 g/mol. The second-order valence-corrected chi connectivity index (χ2v) is 5.24. The minimum Gasteiger partial charge on any atom is -0.465 e. The molecule has 6 nitrogen and oxygen atoms in total. The fourth-order valence-electron chi connectivity index (χ4n) is 2.67. The molecule has 1 saturated heterocycles. The summed E-state index contributed by atoms with van der Waals surface area (Å²) in [6.45, 7) is 1.97. The number of ether oxygens (including phenoxy) is 1. The molecule has 110 valence electrons. The third-order valence-electron chi connectivity index (χ3n) is 3.89. The Kier molecular flexibility index (Phi) is 4.44. The van der Waals surface area contributed by atoms with E-state index in [4.69, 9.17) is 10.5 Å². The van der Waals surface area contributed by atoms with Crippen LogP contribution in [0.3, 0.4) is 0 Å². The van der Waals surface area contributed by atoms with Crippen molar-refractivity contribution >= 4 is 17.5 Å². The van der Waals surface area contributed by atoms with Gasteiger partial charge in [0.05, 0.1) is 18.4 Å². The number of carbonyl (C=O) groups excluding carboxylic acids is 1. The Labute approximate surface area is 119 Å². The molecule has 1 aliphatic rings. The average Bonchev–Trinajstić information content (AvgIpc) is 2.83. The SMILES string of the molecule is COC(=O)c1ccnc(N(C)CC2CCCN2C)c1N. The van der Waals surface area contributed by atoms with E-state index in [1.807, 2.05) is 11.9 Å². The maximum Gasteiger partial charge on any atom is 0.340 e. The molecule has 0 amide bonds. The number of nitrogens with zero attached hydrogens (tertiary/aromatic N) is 3. The zero-order valence-corrected chi connectivity index (χ0v) is 12.3. The number of pyridine rings is 1. The van der Waals surface area contributed by atoms with Gasteiger partial charge >= 0.3 is 5.97 Å². The Balaban J connectivity index is 2.17. The molecule has 1 aliphatic heterocycles. The summed E-state index contributed by atoms with van der Waals surface area (Å²) < 4.78 is 4.73. The van der Waals surface area contributed by atoms with Gasteiger partial charge in [-0.2, -0.15) is 0 Å². The summed E-state index contributed by atoms with van der Waals surface area (Å²) in [4.78, 5) is 20.3. The lowest BCUT2D eigenvalue weighted by Gasteiger charge is -2.27. The van der Waals surface area contributed by atoms with Gasteiger partial charge in [0.1, 0.15) is 0 Å². The van der Waals surface area contributed by atoms with Gasteiger partial charge in [-0.15, -0.1) is 0 Å². The van der Waals surface area contributed by atoms with E-state index in [0.29, 0.717) is 23.1 Å². The van der Waals surface area contributed by atoms with Crippen LogP contribution >= 0.6 is 0 Å². The summed E-state index contributed by atoms with van der Waals surface area (Å²) in [7, 11) is 5.43. The smallest absolute Gasteiger partial charge is 0.340 e. The molecule has 0 aliphatic carbocycles. The van der Waals surface area contributed by atoms with Crippen LogP contribution in [0, 0.1) is 0 Å². The molecule has 2 heterocycles. The summed E-state index contributed by atoms with van der Waals surface area (Å²) in [5, 5.41) is 0. The molecule has 0 aromatic carbocycles. The minimum absolute atomic E-state index is 0.365. The first-order valence-electron chi connectivity index (χ1n) is 6.78. The van der Waals surface area contributed by atoms with Crippen LogP contribution in [-0.2, 0) is 4.74 Å². The van der Waals surface area contributed by atoms with E-state index >= 15 is 0 Å². The number of carbonyl (C=O) groups is 1. The second kappa shape index (κ2) is 6.09. The Morgan fingerprint density at radius 1 is 1.65 bits per heavy atom. The van der Waals surface area contributed by atoms with Crippen molar-refractivity contribution in [3.63, 3.8) is 0 Å². The molecule has 1 aromatic heterocycles. The number of anilines is 2. The van der Waals surface area contributed by atoms with Gasteiger partial charge < -0.3 is 20.3 Å². The highest BCUT2D eigenvalue weighted by atomic mass is 16.5. The zero-order valence-electron chi connectivity index (χ0n) is 12.3. The Bertz CT molecular complexity index is 492. The van der Waals surface area contributed by atoms with Gasteiger partial charge in [0, 0.05) is 25.8 Å². The lowest BCUT2D eigenvalue weighted by molar-refractivity contribution is 0.0602. The van der Waals surface area contributed by atoms with Crippen LogP contribution in [0.5, 0.6) is 0 Å². The third kappa shape index (κ3) is 2.85. The molecule has 0 saturated carbocycles. The zero-order chi connectivity index (χ0) is 14.7. The van der Waals surface area contributed by atoms with Crippen molar-refractivity contribution in [1.29, 1.82) is 0 Å². The summed E-state index contributed by atoms with van der Waals surface area (Å²) in [6, 6.07) is 2.09. The molecule has 2 N–H and O–H groups in total. The maximum absolute atomic E-state index is 11.6. The van der Waals surface area contributed by atoms with Crippen LogP contribution in [-0.4, -0.2) is 56.2 Å². The number of rotatable bonds is 4. The number of aromatic nitrogens is 1. The highest BCUT2D eigenvalue weighted by Crippen LogP contribution is 2.25. The lowest BCUT2D eigenvalue weighted by atomic mass is 10.2. The van der Waals surface area contributed by atoms with Crippen molar-refractivity contribution in [2.45, 2.75) is 18.9 Å². The maximum atomic E-state index is 11.6. The number of likely N-dealkylation sites (tertiary alicyclic amines) is 1. The van der Waals surface area contributed by atoms with E-state index in [2.05, 4.69) is 16.9 Å². The van der Waals surface area contributed by atoms with Crippen molar-refractivity contribution < 1.29 is 9.53 Å². The molecule has 1 atom stereocenters. The van der Waals surface area contributed by atoms with Crippen LogP contribution in [0.25, 0.3) is 0 Å². The first-order valence-corrected chi connectivity index (χ1v) is 6.78. The van der Waals surface area contributed by atoms with Crippen molar-refractivity contribution in [1.82, 2.24) is 9.88 Å². The predicted octanol–water partition coefficient (Wildman–Crippen LogP) is 0.981. The molecule has 0 bridgehead atoms. The van der Waals surface area contributed by atoms with Crippen LogP contribution in [0.4, 0.5) is 11.5 Å². The van der Waals surface area contributed by atoms with Crippen molar-refractivity contribution in [2.24, 2.45) is 0 Å². The number of esters is 1. The normalized spacial score (nSPS) is 19.1. The number of likely N-dealkylation sites (N-methyl/N-ethyl adjacent to an activating group) is 2. The van der Waals surface area contributed by atoms with Gasteiger partial charge in [-0.25, -0.2) is 9.78 Å². The van der Waals surface area contributed by atoms with Gasteiger partial charge in [-0.05, 0) is 32.5 Å². The lowest BCUT2D eigenvalue weighted by Crippen LogP contribution is -2.37. The van der Waals surface area contributed by atoms with Gasteiger partial charge in [0.25, 0.3) is 0 Å². The Morgan fingerprint density at radius 2 is 2.40 bits per heavy atom. The topological polar surface area (TPSA) is 71.7 Å². The van der Waals surface area contributed by atoms with Crippen molar-refractivity contribution in [3.8, 4) is 0 Å². The Hall–Kier alpha value is -1.82. The molecule has 2 rings (SSSR count). The summed E-state index contributed by atoms with van der Waals surface area (Å²) in [5.41, 5.74) is 6.79.